The van der Waals surface area contributed by atoms with E-state index in [-0.39, 0.29) is 5.60 Å². The molecule has 2 aliphatic rings. The number of nitrogens with zero attached hydrogens (tertiary/aromatic N) is 1. The second kappa shape index (κ2) is 5.65. The Labute approximate surface area is 122 Å². The molecule has 0 aromatic heterocycles. The summed E-state index contributed by atoms with van der Waals surface area (Å²) in [7, 11) is 4.17. The van der Waals surface area contributed by atoms with Crippen molar-refractivity contribution < 1.29 is 4.74 Å². The maximum atomic E-state index is 6.36. The number of hydrogen-bond acceptors (Lipinski definition) is 3. The first-order valence-corrected chi connectivity index (χ1v) is 7.87. The zero-order chi connectivity index (χ0) is 14.0. The van der Waals surface area contributed by atoms with E-state index in [1.54, 1.807) is 0 Å². The third-order valence-electron chi connectivity index (χ3n) is 4.76. The van der Waals surface area contributed by atoms with Gasteiger partial charge in [-0.2, -0.15) is 0 Å². The van der Waals surface area contributed by atoms with Gasteiger partial charge >= 0.3 is 0 Å². The van der Waals surface area contributed by atoms with Crippen molar-refractivity contribution in [3.05, 3.63) is 24.3 Å². The molecule has 1 unspecified atom stereocenters. The molecule has 1 aliphatic carbocycles. The minimum Gasteiger partial charge on any atom is -0.381 e. The Hall–Kier alpha value is -1.22. The highest BCUT2D eigenvalue weighted by molar-refractivity contribution is 5.69. The van der Waals surface area contributed by atoms with E-state index in [4.69, 9.17) is 4.74 Å². The third-order valence-corrected chi connectivity index (χ3v) is 4.76. The van der Waals surface area contributed by atoms with Crippen LogP contribution in [0.3, 0.4) is 0 Å². The number of nitrogens with one attached hydrogen (secondary N) is 1. The first-order chi connectivity index (χ1) is 9.69. The Kier molecular flexibility index (Phi) is 3.88. The second-order valence-corrected chi connectivity index (χ2v) is 6.46. The predicted molar refractivity (Wildman–Crippen MR) is 84.6 cm³/mol. The van der Waals surface area contributed by atoms with Crippen LogP contribution in [0.4, 0.5) is 11.4 Å². The van der Waals surface area contributed by atoms with Crippen LogP contribution in [0.25, 0.3) is 0 Å². The molecule has 1 aromatic rings. The summed E-state index contributed by atoms with van der Waals surface area (Å²) in [6.45, 7) is 0.923. The molecular weight excluding hydrogens is 248 g/mol. The second-order valence-electron chi connectivity index (χ2n) is 6.46. The lowest BCUT2D eigenvalue weighted by atomic mass is 9.98. The van der Waals surface area contributed by atoms with Crippen LogP contribution in [0.2, 0.25) is 0 Å². The minimum absolute atomic E-state index is 0.243. The molecule has 1 saturated carbocycles. The first-order valence-electron chi connectivity index (χ1n) is 7.87. The van der Waals surface area contributed by atoms with Gasteiger partial charge in [0.05, 0.1) is 23.1 Å². The summed E-state index contributed by atoms with van der Waals surface area (Å²) < 4.78 is 6.36. The lowest BCUT2D eigenvalue weighted by Gasteiger charge is -2.24. The molecule has 2 fully saturated rings. The molecule has 0 amide bonds. The Morgan fingerprint density at radius 2 is 1.95 bits per heavy atom. The summed E-state index contributed by atoms with van der Waals surface area (Å²) in [6, 6.07) is 8.47. The van der Waals surface area contributed by atoms with Gasteiger partial charge in [0.25, 0.3) is 0 Å². The molecule has 3 nitrogen and oxygen atoms in total. The van der Waals surface area contributed by atoms with E-state index in [0.717, 1.165) is 6.54 Å². The number of ether oxygens (including phenoxy) is 1. The normalized spacial score (nSPS) is 24.2. The van der Waals surface area contributed by atoms with Gasteiger partial charge in [-0.15, -0.1) is 0 Å². The average molecular weight is 274 g/mol. The third kappa shape index (κ3) is 2.78. The molecule has 3 heteroatoms. The van der Waals surface area contributed by atoms with Gasteiger partial charge in [0.2, 0.25) is 0 Å². The van der Waals surface area contributed by atoms with Gasteiger partial charge < -0.3 is 15.0 Å². The summed E-state index contributed by atoms with van der Waals surface area (Å²) >= 11 is 0. The Morgan fingerprint density at radius 3 is 2.70 bits per heavy atom. The molecule has 20 heavy (non-hydrogen) atoms. The van der Waals surface area contributed by atoms with E-state index in [1.807, 2.05) is 0 Å². The number of para-hydroxylation sites is 2. The minimum atomic E-state index is 0.243. The Bertz CT molecular complexity index is 452. The maximum absolute atomic E-state index is 6.36. The molecule has 1 aliphatic heterocycles. The van der Waals surface area contributed by atoms with E-state index >= 15 is 0 Å². The standard InChI is InChI=1S/C17H26N2O/c1-19(2)16-8-4-3-7-15(16)18-13-14-9-12-17(20-14)10-5-6-11-17/h3-4,7-8,14,18H,5-6,9-13H2,1-2H3. The fraction of sp³-hybridized carbons (Fsp3) is 0.647. The molecule has 1 N–H and O–H groups in total. The van der Waals surface area contributed by atoms with E-state index in [0.29, 0.717) is 6.10 Å². The fourth-order valence-corrected chi connectivity index (χ4v) is 3.66. The zero-order valence-electron chi connectivity index (χ0n) is 12.7. The van der Waals surface area contributed by atoms with Gasteiger partial charge in [-0.3, -0.25) is 0 Å². The smallest absolute Gasteiger partial charge is 0.0756 e. The highest BCUT2D eigenvalue weighted by atomic mass is 16.5. The molecule has 3 rings (SSSR count). The number of anilines is 2. The average Bonchev–Trinajstić information content (AvgIpc) is 3.07. The lowest BCUT2D eigenvalue weighted by Crippen LogP contribution is -2.28. The molecule has 0 radical (unpaired) electrons. The maximum Gasteiger partial charge on any atom is 0.0756 e. The van der Waals surface area contributed by atoms with Crippen molar-refractivity contribution >= 4 is 11.4 Å². The summed E-state index contributed by atoms with van der Waals surface area (Å²) in [4.78, 5) is 2.15. The molecular formula is C17H26N2O. The van der Waals surface area contributed by atoms with E-state index in [1.165, 1.54) is 49.9 Å². The summed E-state index contributed by atoms with van der Waals surface area (Å²) in [5.74, 6) is 0. The Morgan fingerprint density at radius 1 is 1.20 bits per heavy atom. The summed E-state index contributed by atoms with van der Waals surface area (Å²) in [5.41, 5.74) is 2.68. The van der Waals surface area contributed by atoms with Crippen LogP contribution < -0.4 is 10.2 Å². The topological polar surface area (TPSA) is 24.5 Å². The van der Waals surface area contributed by atoms with Gasteiger partial charge in [-0.25, -0.2) is 0 Å². The van der Waals surface area contributed by atoms with E-state index < -0.39 is 0 Å². The van der Waals surface area contributed by atoms with Crippen LogP contribution in [0.15, 0.2) is 24.3 Å². The molecule has 1 heterocycles. The van der Waals surface area contributed by atoms with E-state index in [2.05, 4.69) is 48.6 Å². The highest BCUT2D eigenvalue weighted by Crippen LogP contribution is 2.43. The van der Waals surface area contributed by atoms with Crippen molar-refractivity contribution in [2.45, 2.75) is 50.2 Å². The van der Waals surface area contributed by atoms with E-state index in [9.17, 15) is 0 Å². The van der Waals surface area contributed by atoms with Crippen LogP contribution in [-0.2, 0) is 4.74 Å². The number of rotatable bonds is 4. The van der Waals surface area contributed by atoms with Gasteiger partial charge in [0.1, 0.15) is 0 Å². The van der Waals surface area contributed by atoms with Crippen LogP contribution >= 0.6 is 0 Å². The largest absolute Gasteiger partial charge is 0.381 e. The van der Waals surface area contributed by atoms with Crippen molar-refractivity contribution in [3.8, 4) is 0 Å². The van der Waals surface area contributed by atoms with Gasteiger partial charge in [0, 0.05) is 20.6 Å². The van der Waals surface area contributed by atoms with Crippen molar-refractivity contribution in [2.75, 3.05) is 30.9 Å². The van der Waals surface area contributed by atoms with Gasteiger partial charge in [-0.1, -0.05) is 25.0 Å². The zero-order valence-corrected chi connectivity index (χ0v) is 12.7. The van der Waals surface area contributed by atoms with Crippen molar-refractivity contribution in [3.63, 3.8) is 0 Å². The van der Waals surface area contributed by atoms with Crippen LogP contribution in [-0.4, -0.2) is 32.3 Å². The summed E-state index contributed by atoms with van der Waals surface area (Å²) in [6.07, 6.45) is 8.09. The Balaban J connectivity index is 1.58. The predicted octanol–water partition coefficient (Wildman–Crippen LogP) is 3.66. The van der Waals surface area contributed by atoms with Gasteiger partial charge in [0.15, 0.2) is 0 Å². The van der Waals surface area contributed by atoms with Crippen molar-refractivity contribution in [1.82, 2.24) is 0 Å². The van der Waals surface area contributed by atoms with Gasteiger partial charge in [-0.05, 0) is 37.8 Å². The number of hydrogen-bond donors (Lipinski definition) is 1. The first kappa shape index (κ1) is 13.7. The van der Waals surface area contributed by atoms with Crippen LogP contribution in [0, 0.1) is 0 Å². The molecule has 1 atom stereocenters. The quantitative estimate of drug-likeness (QED) is 0.907. The van der Waals surface area contributed by atoms with Crippen LogP contribution in [0.1, 0.15) is 38.5 Å². The van der Waals surface area contributed by atoms with Crippen molar-refractivity contribution in [1.29, 1.82) is 0 Å². The van der Waals surface area contributed by atoms with Crippen LogP contribution in [0.5, 0.6) is 0 Å². The SMILES string of the molecule is CN(C)c1ccccc1NCC1CCC2(CCCC2)O1. The molecule has 0 bridgehead atoms. The molecule has 1 aromatic carbocycles. The lowest BCUT2D eigenvalue weighted by molar-refractivity contribution is -0.0307. The number of benzene rings is 1. The fourth-order valence-electron chi connectivity index (χ4n) is 3.66. The molecule has 1 saturated heterocycles. The summed E-state index contributed by atoms with van der Waals surface area (Å²) in [5, 5.41) is 3.58. The monoisotopic (exact) mass is 274 g/mol. The molecule has 110 valence electrons. The van der Waals surface area contributed by atoms with Crippen molar-refractivity contribution in [2.24, 2.45) is 0 Å². The molecule has 1 spiro atoms. The highest BCUT2D eigenvalue weighted by Gasteiger charge is 2.41.